The second kappa shape index (κ2) is 7.82. The molecule has 0 saturated carbocycles. The number of amides is 2. The van der Waals surface area contributed by atoms with Crippen LogP contribution in [0.4, 0.5) is 5.69 Å². The predicted octanol–water partition coefficient (Wildman–Crippen LogP) is 2.03. The second-order valence-electron chi connectivity index (χ2n) is 6.45. The summed E-state index contributed by atoms with van der Waals surface area (Å²) in [6.07, 6.45) is 0.991. The van der Waals surface area contributed by atoms with Crippen LogP contribution in [0.1, 0.15) is 33.3 Å². The fraction of sp³-hybridized carbons (Fsp3) is 0.529. The highest BCUT2D eigenvalue weighted by Gasteiger charge is 2.17. The van der Waals surface area contributed by atoms with E-state index in [9.17, 15) is 9.59 Å². The summed E-state index contributed by atoms with van der Waals surface area (Å²) in [6, 6.07) is 7.98. The predicted molar refractivity (Wildman–Crippen MR) is 89.8 cm³/mol. The lowest BCUT2D eigenvalue weighted by atomic mass is 10.1. The quantitative estimate of drug-likeness (QED) is 0.845. The van der Waals surface area contributed by atoms with Crippen molar-refractivity contribution in [2.45, 2.75) is 39.7 Å². The molecule has 5 heteroatoms. The molecule has 2 amide bonds. The molecule has 122 valence electrons. The maximum Gasteiger partial charge on any atom is 0.242 e. The molecule has 0 aliphatic rings. The van der Waals surface area contributed by atoms with Gasteiger partial charge < -0.3 is 15.5 Å². The zero-order valence-corrected chi connectivity index (χ0v) is 14.2. The molecule has 0 bridgehead atoms. The number of aryl methyl sites for hydroxylation is 1. The van der Waals surface area contributed by atoms with Gasteiger partial charge >= 0.3 is 0 Å². The van der Waals surface area contributed by atoms with E-state index in [1.54, 1.807) is 7.05 Å². The van der Waals surface area contributed by atoms with Crippen LogP contribution >= 0.6 is 0 Å². The van der Waals surface area contributed by atoms with Gasteiger partial charge in [-0.05, 0) is 44.9 Å². The number of carbonyl (C=O) groups excluding carboxylic acids is 2. The Morgan fingerprint density at radius 1 is 1.14 bits per heavy atom. The Morgan fingerprint density at radius 2 is 1.73 bits per heavy atom. The Hall–Kier alpha value is -2.04. The molecule has 0 aliphatic heterocycles. The number of nitrogens with zero attached hydrogens (tertiary/aromatic N) is 1. The highest BCUT2D eigenvalue weighted by atomic mass is 16.2. The van der Waals surface area contributed by atoms with E-state index in [4.69, 9.17) is 0 Å². The normalized spacial score (nSPS) is 11.0. The second-order valence-corrected chi connectivity index (χ2v) is 6.45. The molecule has 0 radical (unpaired) electrons. The van der Waals surface area contributed by atoms with Crippen molar-refractivity contribution < 1.29 is 9.59 Å². The SMILES string of the molecule is CCc1ccc(NCC(=O)N(C)CC(=O)NC(C)(C)C)cc1. The number of rotatable bonds is 6. The molecule has 0 heterocycles. The van der Waals surface area contributed by atoms with Crippen molar-refractivity contribution in [3.63, 3.8) is 0 Å². The number of nitrogens with one attached hydrogen (secondary N) is 2. The average molecular weight is 305 g/mol. The van der Waals surface area contributed by atoms with Gasteiger partial charge in [0.25, 0.3) is 0 Å². The highest BCUT2D eigenvalue weighted by Crippen LogP contribution is 2.09. The maximum atomic E-state index is 12.0. The number of benzene rings is 1. The largest absolute Gasteiger partial charge is 0.376 e. The van der Waals surface area contributed by atoms with Gasteiger partial charge in [0.05, 0.1) is 13.1 Å². The molecule has 0 aliphatic carbocycles. The first kappa shape index (κ1) is 18.0. The summed E-state index contributed by atoms with van der Waals surface area (Å²) in [6.45, 7) is 8.07. The molecule has 0 aromatic heterocycles. The number of likely N-dealkylation sites (N-methyl/N-ethyl adjacent to an activating group) is 1. The monoisotopic (exact) mass is 305 g/mol. The first-order valence-corrected chi connectivity index (χ1v) is 7.59. The first-order chi connectivity index (χ1) is 10.2. The van der Waals surface area contributed by atoms with Gasteiger partial charge in [-0.15, -0.1) is 0 Å². The maximum absolute atomic E-state index is 12.0. The minimum Gasteiger partial charge on any atom is -0.376 e. The molecule has 0 unspecified atom stereocenters. The van der Waals surface area contributed by atoms with Crippen LogP contribution in [0.2, 0.25) is 0 Å². The van der Waals surface area contributed by atoms with E-state index in [0.717, 1.165) is 12.1 Å². The molecule has 2 N–H and O–H groups in total. The van der Waals surface area contributed by atoms with E-state index in [1.807, 2.05) is 45.0 Å². The lowest BCUT2D eigenvalue weighted by Crippen LogP contribution is -2.47. The van der Waals surface area contributed by atoms with Gasteiger partial charge in [-0.25, -0.2) is 0 Å². The fourth-order valence-corrected chi connectivity index (χ4v) is 1.93. The zero-order chi connectivity index (χ0) is 16.8. The third-order valence-electron chi connectivity index (χ3n) is 3.13. The Labute approximate surface area is 133 Å². The van der Waals surface area contributed by atoms with E-state index in [1.165, 1.54) is 10.5 Å². The average Bonchev–Trinajstić information content (AvgIpc) is 2.43. The summed E-state index contributed by atoms with van der Waals surface area (Å²) in [5.41, 5.74) is 1.87. The molecule has 0 atom stereocenters. The Balaban J connectivity index is 2.42. The van der Waals surface area contributed by atoms with Crippen molar-refractivity contribution in [1.29, 1.82) is 0 Å². The molecule has 0 saturated heterocycles. The van der Waals surface area contributed by atoms with E-state index < -0.39 is 0 Å². The molecule has 5 nitrogen and oxygen atoms in total. The van der Waals surface area contributed by atoms with Crippen LogP contribution in [0.3, 0.4) is 0 Å². The van der Waals surface area contributed by atoms with E-state index in [-0.39, 0.29) is 30.4 Å². The van der Waals surface area contributed by atoms with Crippen LogP contribution in [-0.4, -0.2) is 42.4 Å². The Morgan fingerprint density at radius 3 is 2.23 bits per heavy atom. The molecule has 1 aromatic rings. The minimum atomic E-state index is -0.291. The standard InChI is InChI=1S/C17H27N3O2/c1-6-13-7-9-14(10-8-13)18-11-16(22)20(5)12-15(21)19-17(2,3)4/h7-10,18H,6,11-12H2,1-5H3,(H,19,21). The van der Waals surface area contributed by atoms with Crippen LogP contribution in [0.25, 0.3) is 0 Å². The molecule has 0 spiro atoms. The Bertz CT molecular complexity index is 504. The molecule has 1 rings (SSSR count). The van der Waals surface area contributed by atoms with Gasteiger partial charge in [0.1, 0.15) is 0 Å². The summed E-state index contributed by atoms with van der Waals surface area (Å²) < 4.78 is 0. The van der Waals surface area contributed by atoms with Crippen LogP contribution in [0.15, 0.2) is 24.3 Å². The number of carbonyl (C=O) groups is 2. The van der Waals surface area contributed by atoms with E-state index in [0.29, 0.717) is 0 Å². The van der Waals surface area contributed by atoms with Crippen molar-refractivity contribution >= 4 is 17.5 Å². The van der Waals surface area contributed by atoms with Crippen molar-refractivity contribution in [3.05, 3.63) is 29.8 Å². The van der Waals surface area contributed by atoms with Crippen LogP contribution < -0.4 is 10.6 Å². The number of hydrogen-bond acceptors (Lipinski definition) is 3. The van der Waals surface area contributed by atoms with Crippen LogP contribution in [0, 0.1) is 0 Å². The summed E-state index contributed by atoms with van der Waals surface area (Å²) in [5.74, 6) is -0.278. The van der Waals surface area contributed by atoms with Crippen molar-refractivity contribution in [2.24, 2.45) is 0 Å². The van der Waals surface area contributed by atoms with Crippen molar-refractivity contribution in [3.8, 4) is 0 Å². The van der Waals surface area contributed by atoms with E-state index >= 15 is 0 Å². The van der Waals surface area contributed by atoms with E-state index in [2.05, 4.69) is 17.6 Å². The van der Waals surface area contributed by atoms with Crippen molar-refractivity contribution in [2.75, 3.05) is 25.5 Å². The van der Waals surface area contributed by atoms with Crippen LogP contribution in [0.5, 0.6) is 0 Å². The van der Waals surface area contributed by atoms with Gasteiger partial charge in [0.2, 0.25) is 11.8 Å². The number of hydrogen-bond donors (Lipinski definition) is 2. The third kappa shape index (κ3) is 6.61. The lowest BCUT2D eigenvalue weighted by Gasteiger charge is -2.23. The third-order valence-corrected chi connectivity index (χ3v) is 3.13. The van der Waals surface area contributed by atoms with Gasteiger partial charge in [0.15, 0.2) is 0 Å². The van der Waals surface area contributed by atoms with Gasteiger partial charge in [-0.2, -0.15) is 0 Å². The number of anilines is 1. The lowest BCUT2D eigenvalue weighted by molar-refractivity contribution is -0.133. The summed E-state index contributed by atoms with van der Waals surface area (Å²) in [7, 11) is 1.63. The fourth-order valence-electron chi connectivity index (χ4n) is 1.93. The van der Waals surface area contributed by atoms with Gasteiger partial charge in [-0.3, -0.25) is 9.59 Å². The van der Waals surface area contributed by atoms with Crippen molar-refractivity contribution in [1.82, 2.24) is 10.2 Å². The molecular weight excluding hydrogens is 278 g/mol. The van der Waals surface area contributed by atoms with Crippen LogP contribution in [-0.2, 0) is 16.0 Å². The first-order valence-electron chi connectivity index (χ1n) is 7.59. The van der Waals surface area contributed by atoms with Gasteiger partial charge in [0, 0.05) is 18.3 Å². The van der Waals surface area contributed by atoms with Gasteiger partial charge in [-0.1, -0.05) is 19.1 Å². The topological polar surface area (TPSA) is 61.4 Å². The highest BCUT2D eigenvalue weighted by molar-refractivity contribution is 5.86. The molecule has 1 aromatic carbocycles. The zero-order valence-electron chi connectivity index (χ0n) is 14.2. The Kier molecular flexibility index (Phi) is 6.40. The smallest absolute Gasteiger partial charge is 0.242 e. The summed E-state index contributed by atoms with van der Waals surface area (Å²) in [4.78, 5) is 25.2. The molecule has 22 heavy (non-hydrogen) atoms. The summed E-state index contributed by atoms with van der Waals surface area (Å²) in [5, 5.41) is 5.91. The molecule has 0 fully saturated rings. The molecular formula is C17H27N3O2. The summed E-state index contributed by atoms with van der Waals surface area (Å²) >= 11 is 0. The minimum absolute atomic E-state index is 0.0621.